The molecule has 0 aliphatic carbocycles. The highest BCUT2D eigenvalue weighted by Gasteiger charge is 2.21. The lowest BCUT2D eigenvalue weighted by Crippen LogP contribution is -2.21. The highest BCUT2D eigenvalue weighted by atomic mass is 32.2. The lowest BCUT2D eigenvalue weighted by atomic mass is 10.2. The van der Waals surface area contributed by atoms with E-state index in [0.29, 0.717) is 5.56 Å². The molecule has 0 atom stereocenters. The summed E-state index contributed by atoms with van der Waals surface area (Å²) < 4.78 is 35.3. The van der Waals surface area contributed by atoms with Crippen LogP contribution in [0.2, 0.25) is 0 Å². The van der Waals surface area contributed by atoms with Crippen molar-refractivity contribution in [1.82, 2.24) is 4.31 Å². The number of furan rings is 1. The zero-order valence-electron chi connectivity index (χ0n) is 14.0. The van der Waals surface area contributed by atoms with Crippen LogP contribution in [0.1, 0.15) is 16.1 Å². The molecule has 2 aromatic rings. The van der Waals surface area contributed by atoms with Crippen molar-refractivity contribution in [1.29, 1.82) is 0 Å². The van der Waals surface area contributed by atoms with Gasteiger partial charge in [-0.25, -0.2) is 17.5 Å². The van der Waals surface area contributed by atoms with Crippen LogP contribution in [0.15, 0.2) is 45.9 Å². The molecule has 0 aliphatic rings. The maximum absolute atomic E-state index is 12.1. The smallest absolute Gasteiger partial charge is 0.338 e. The summed E-state index contributed by atoms with van der Waals surface area (Å²) in [5.74, 6) is -0.250. The zero-order valence-corrected chi connectivity index (χ0v) is 14.8. The largest absolute Gasteiger partial charge is 0.454 e. The van der Waals surface area contributed by atoms with Gasteiger partial charge in [-0.05, 0) is 30.3 Å². The molecule has 0 N–H and O–H groups in total. The third-order valence-electron chi connectivity index (χ3n) is 3.32. The molecule has 0 aliphatic heterocycles. The summed E-state index contributed by atoms with van der Waals surface area (Å²) in [7, 11) is 2.93. The van der Waals surface area contributed by atoms with E-state index < -0.39 is 16.0 Å². The van der Waals surface area contributed by atoms with Crippen LogP contribution in [0.5, 0.6) is 0 Å². The van der Waals surface area contributed by atoms with Crippen LogP contribution in [0.4, 0.5) is 5.69 Å². The van der Waals surface area contributed by atoms with Crippen LogP contribution in [-0.4, -0.2) is 46.9 Å². The lowest BCUT2D eigenvalue weighted by molar-refractivity contribution is 0.0440. The second-order valence-electron chi connectivity index (χ2n) is 5.53. The summed E-state index contributed by atoms with van der Waals surface area (Å²) >= 11 is 0. The Morgan fingerprint density at radius 3 is 2.46 bits per heavy atom. The second kappa shape index (κ2) is 7.06. The first-order valence-electron chi connectivity index (χ1n) is 7.17. The molecule has 130 valence electrons. The Hall–Kier alpha value is -2.32. The van der Waals surface area contributed by atoms with Crippen LogP contribution >= 0.6 is 0 Å². The normalized spacial score (nSPS) is 11.5. The second-order valence-corrected chi connectivity index (χ2v) is 7.61. The number of rotatable bonds is 6. The minimum atomic E-state index is -3.64. The molecule has 2 rings (SSSR count). The van der Waals surface area contributed by atoms with Gasteiger partial charge in [-0.15, -0.1) is 0 Å². The summed E-state index contributed by atoms with van der Waals surface area (Å²) in [5.41, 5.74) is 1.29. The molecule has 1 aromatic heterocycles. The minimum Gasteiger partial charge on any atom is -0.454 e. The van der Waals surface area contributed by atoms with Gasteiger partial charge in [0.05, 0.1) is 5.56 Å². The molecular weight excluding hydrogens is 332 g/mol. The fourth-order valence-electron chi connectivity index (χ4n) is 1.89. The van der Waals surface area contributed by atoms with Gasteiger partial charge in [0.25, 0.3) is 10.0 Å². The van der Waals surface area contributed by atoms with Gasteiger partial charge in [0.1, 0.15) is 12.4 Å². The Morgan fingerprint density at radius 2 is 1.83 bits per heavy atom. The highest BCUT2D eigenvalue weighted by Crippen LogP contribution is 2.19. The lowest BCUT2D eigenvalue weighted by Gasteiger charge is -2.13. The molecule has 0 fully saturated rings. The van der Waals surface area contributed by atoms with E-state index in [9.17, 15) is 13.2 Å². The minimum absolute atomic E-state index is 0.145. The first kappa shape index (κ1) is 18.0. The molecule has 0 saturated carbocycles. The van der Waals surface area contributed by atoms with Crippen molar-refractivity contribution in [2.45, 2.75) is 11.7 Å². The summed E-state index contributed by atoms with van der Waals surface area (Å²) in [4.78, 5) is 14.0. The van der Waals surface area contributed by atoms with Crippen molar-refractivity contribution in [2.75, 3.05) is 33.1 Å². The fourth-order valence-corrected chi connectivity index (χ4v) is 2.70. The molecule has 0 radical (unpaired) electrons. The molecule has 8 heteroatoms. The number of hydrogen-bond donors (Lipinski definition) is 0. The summed E-state index contributed by atoms with van der Waals surface area (Å²) in [6.07, 6.45) is 0. The maximum atomic E-state index is 12.1. The summed E-state index contributed by atoms with van der Waals surface area (Å²) in [6.45, 7) is -0.145. The van der Waals surface area contributed by atoms with Gasteiger partial charge < -0.3 is 14.1 Å². The van der Waals surface area contributed by atoms with E-state index in [0.717, 1.165) is 9.99 Å². The van der Waals surface area contributed by atoms with Gasteiger partial charge in [-0.1, -0.05) is 6.07 Å². The average Bonchev–Trinajstić information content (AvgIpc) is 3.02. The van der Waals surface area contributed by atoms with E-state index in [2.05, 4.69) is 0 Å². The third-order valence-corrected chi connectivity index (χ3v) is 5.01. The van der Waals surface area contributed by atoms with Crippen LogP contribution in [-0.2, 0) is 21.4 Å². The number of ether oxygens (including phenoxy) is 1. The predicted octanol–water partition coefficient (Wildman–Crippen LogP) is 1.95. The Balaban J connectivity index is 2.05. The standard InChI is InChI=1S/C16H20N2O5S/c1-17(2)13-7-5-6-12(10-13)16(19)22-11-14-8-9-15(23-14)24(20,21)18(3)4/h5-10H,11H2,1-4H3. The third kappa shape index (κ3) is 3.95. The van der Waals surface area contributed by atoms with Crippen LogP contribution in [0, 0.1) is 0 Å². The summed E-state index contributed by atoms with van der Waals surface area (Å²) in [6, 6.07) is 9.82. The highest BCUT2D eigenvalue weighted by molar-refractivity contribution is 7.88. The van der Waals surface area contributed by atoms with Gasteiger partial charge in [0.2, 0.25) is 5.09 Å². The van der Waals surface area contributed by atoms with Gasteiger partial charge in [0, 0.05) is 33.9 Å². The molecule has 7 nitrogen and oxygen atoms in total. The Bertz CT molecular complexity index is 824. The molecule has 0 unspecified atom stereocenters. The van der Waals surface area contributed by atoms with Gasteiger partial charge >= 0.3 is 5.97 Å². The van der Waals surface area contributed by atoms with E-state index in [1.807, 2.05) is 25.1 Å². The molecule has 1 heterocycles. The van der Waals surface area contributed by atoms with E-state index in [1.165, 1.54) is 26.2 Å². The van der Waals surface area contributed by atoms with Gasteiger partial charge in [-0.2, -0.15) is 0 Å². The molecular formula is C16H20N2O5S. The van der Waals surface area contributed by atoms with Crippen LogP contribution < -0.4 is 4.90 Å². The fraction of sp³-hybridized carbons (Fsp3) is 0.312. The molecule has 1 aromatic carbocycles. The summed E-state index contributed by atoms with van der Waals surface area (Å²) in [5, 5.41) is -0.187. The number of benzene rings is 1. The quantitative estimate of drug-likeness (QED) is 0.739. The SMILES string of the molecule is CN(C)c1cccc(C(=O)OCc2ccc(S(=O)(=O)N(C)C)o2)c1. The molecule has 0 amide bonds. The topological polar surface area (TPSA) is 80.1 Å². The monoisotopic (exact) mass is 352 g/mol. The predicted molar refractivity (Wildman–Crippen MR) is 89.5 cm³/mol. The number of esters is 1. The van der Waals surface area contributed by atoms with Crippen molar-refractivity contribution < 1.29 is 22.4 Å². The van der Waals surface area contributed by atoms with Crippen molar-refractivity contribution >= 4 is 21.7 Å². The molecule has 0 bridgehead atoms. The Kier molecular flexibility index (Phi) is 5.30. The van der Waals surface area contributed by atoms with E-state index in [1.54, 1.807) is 18.2 Å². The first-order chi connectivity index (χ1) is 11.2. The van der Waals surface area contributed by atoms with Crippen molar-refractivity contribution in [3.8, 4) is 0 Å². The van der Waals surface area contributed by atoms with Crippen LogP contribution in [0.25, 0.3) is 0 Å². The molecule has 0 saturated heterocycles. The van der Waals surface area contributed by atoms with Crippen LogP contribution in [0.3, 0.4) is 0 Å². The van der Waals surface area contributed by atoms with Crippen molar-refractivity contribution in [3.05, 3.63) is 47.7 Å². The average molecular weight is 352 g/mol. The number of carbonyl (C=O) groups is 1. The number of hydrogen-bond acceptors (Lipinski definition) is 6. The van der Waals surface area contributed by atoms with Gasteiger partial charge in [-0.3, -0.25) is 0 Å². The zero-order chi connectivity index (χ0) is 17.9. The Labute approximate surface area is 141 Å². The number of anilines is 1. The van der Waals surface area contributed by atoms with E-state index >= 15 is 0 Å². The van der Waals surface area contributed by atoms with Crippen molar-refractivity contribution in [3.63, 3.8) is 0 Å². The maximum Gasteiger partial charge on any atom is 0.338 e. The number of sulfonamides is 1. The van der Waals surface area contributed by atoms with E-state index in [4.69, 9.17) is 9.15 Å². The number of nitrogens with zero attached hydrogens (tertiary/aromatic N) is 2. The molecule has 0 spiro atoms. The van der Waals surface area contributed by atoms with Crippen molar-refractivity contribution in [2.24, 2.45) is 0 Å². The Morgan fingerprint density at radius 1 is 1.12 bits per heavy atom. The molecule has 24 heavy (non-hydrogen) atoms. The first-order valence-corrected chi connectivity index (χ1v) is 8.61. The number of carbonyl (C=O) groups excluding carboxylic acids is 1. The van der Waals surface area contributed by atoms with E-state index in [-0.39, 0.29) is 17.5 Å². The van der Waals surface area contributed by atoms with Gasteiger partial charge in [0.15, 0.2) is 0 Å².